The van der Waals surface area contributed by atoms with Crippen molar-refractivity contribution in [1.29, 1.82) is 0 Å². The molecule has 31 heavy (non-hydrogen) atoms. The van der Waals surface area contributed by atoms with Crippen LogP contribution in [0.4, 0.5) is 26.3 Å². The number of aromatic nitrogens is 2. The molecule has 172 valence electrons. The summed E-state index contributed by atoms with van der Waals surface area (Å²) in [7, 11) is 0. The van der Waals surface area contributed by atoms with Crippen LogP contribution in [0.1, 0.15) is 17.9 Å². The molecule has 0 atom stereocenters. The Morgan fingerprint density at radius 1 is 0.935 bits per heavy atom. The van der Waals surface area contributed by atoms with E-state index in [9.17, 15) is 26.3 Å². The van der Waals surface area contributed by atoms with Crippen molar-refractivity contribution < 1.29 is 35.6 Å². The zero-order chi connectivity index (χ0) is 22.5. The fourth-order valence-electron chi connectivity index (χ4n) is 3.19. The Bertz CT molecular complexity index is 814. The highest BCUT2D eigenvalue weighted by Gasteiger charge is 2.30. The highest BCUT2D eigenvalue weighted by Crippen LogP contribution is 2.30. The van der Waals surface area contributed by atoms with Gasteiger partial charge in [-0.05, 0) is 18.6 Å². The van der Waals surface area contributed by atoms with Crippen LogP contribution in [0, 0.1) is 0 Å². The van der Waals surface area contributed by atoms with E-state index in [1.165, 1.54) is 12.1 Å². The second-order valence-corrected chi connectivity index (χ2v) is 7.23. The number of piperazine rings is 1. The Hall–Kier alpha value is -2.18. The zero-order valence-electron chi connectivity index (χ0n) is 16.5. The van der Waals surface area contributed by atoms with Gasteiger partial charge in [-0.15, -0.1) is 0 Å². The molecule has 0 spiro atoms. The van der Waals surface area contributed by atoms with Crippen molar-refractivity contribution in [3.63, 3.8) is 0 Å². The van der Waals surface area contributed by atoms with Crippen molar-refractivity contribution in [3.05, 3.63) is 35.7 Å². The van der Waals surface area contributed by atoms with Gasteiger partial charge in [0.2, 0.25) is 11.7 Å². The predicted octanol–water partition coefficient (Wildman–Crippen LogP) is 3.84. The Morgan fingerprint density at radius 3 is 2.19 bits per heavy atom. The molecule has 0 bridgehead atoms. The van der Waals surface area contributed by atoms with Crippen molar-refractivity contribution >= 4 is 0 Å². The summed E-state index contributed by atoms with van der Waals surface area (Å²) in [5.74, 6) is 0.588. The van der Waals surface area contributed by atoms with Gasteiger partial charge >= 0.3 is 12.4 Å². The number of hydrogen-bond acceptors (Lipinski definition) is 6. The minimum atomic E-state index is -4.40. The Labute approximate surface area is 174 Å². The Balaban J connectivity index is 1.40. The van der Waals surface area contributed by atoms with Gasteiger partial charge in [-0.2, -0.15) is 31.3 Å². The molecule has 0 saturated carbocycles. The second-order valence-electron chi connectivity index (χ2n) is 7.23. The van der Waals surface area contributed by atoms with E-state index >= 15 is 0 Å². The fraction of sp³-hybridized carbons (Fsp3) is 0.579. The highest BCUT2D eigenvalue weighted by molar-refractivity contribution is 5.54. The average Bonchev–Trinajstić information content (AvgIpc) is 3.16. The van der Waals surface area contributed by atoms with Crippen molar-refractivity contribution in [2.24, 2.45) is 0 Å². The van der Waals surface area contributed by atoms with E-state index in [-0.39, 0.29) is 12.4 Å². The molecule has 0 unspecified atom stereocenters. The smallest absolute Gasteiger partial charge is 0.372 e. The van der Waals surface area contributed by atoms with E-state index in [2.05, 4.69) is 24.7 Å². The summed E-state index contributed by atoms with van der Waals surface area (Å²) in [4.78, 5) is 8.50. The third-order valence-electron chi connectivity index (χ3n) is 4.79. The van der Waals surface area contributed by atoms with Crippen LogP contribution < -0.4 is 0 Å². The standard InChI is InChI=1S/C19H22F6N4O2/c20-18(21,22)13-30-11-1-6-28-7-9-29(10-8-28)12-16-26-17(27-31-16)14-2-4-15(5-3-14)19(23,24)25/h2-5H,1,6-13H2. The molecule has 1 aromatic carbocycles. The van der Waals surface area contributed by atoms with Gasteiger partial charge in [0.1, 0.15) is 6.61 Å². The lowest BCUT2D eigenvalue weighted by molar-refractivity contribution is -0.174. The maximum Gasteiger partial charge on any atom is 0.416 e. The predicted molar refractivity (Wildman–Crippen MR) is 97.9 cm³/mol. The minimum Gasteiger partial charge on any atom is -0.372 e. The van der Waals surface area contributed by atoms with E-state index in [1.807, 2.05) is 0 Å². The number of rotatable bonds is 8. The van der Waals surface area contributed by atoms with Crippen LogP contribution in [0.3, 0.4) is 0 Å². The van der Waals surface area contributed by atoms with E-state index < -0.39 is 24.5 Å². The van der Waals surface area contributed by atoms with Crippen LogP contribution >= 0.6 is 0 Å². The molecule has 0 aliphatic carbocycles. The maximum atomic E-state index is 12.7. The molecule has 2 heterocycles. The van der Waals surface area contributed by atoms with Crippen molar-refractivity contribution in [2.75, 3.05) is 45.9 Å². The van der Waals surface area contributed by atoms with E-state index in [4.69, 9.17) is 4.52 Å². The van der Waals surface area contributed by atoms with Gasteiger partial charge in [0.15, 0.2) is 0 Å². The van der Waals surface area contributed by atoms with E-state index in [0.717, 1.165) is 38.3 Å². The molecule has 1 aromatic heterocycles. The van der Waals surface area contributed by atoms with Gasteiger partial charge in [-0.1, -0.05) is 17.3 Å². The summed E-state index contributed by atoms with van der Waals surface area (Å²) in [5, 5.41) is 3.84. The van der Waals surface area contributed by atoms with Gasteiger partial charge in [0.25, 0.3) is 0 Å². The molecule has 0 amide bonds. The molecular weight excluding hydrogens is 430 g/mol. The van der Waals surface area contributed by atoms with Crippen LogP contribution in [-0.4, -0.2) is 72.1 Å². The zero-order valence-corrected chi connectivity index (χ0v) is 16.5. The SMILES string of the molecule is FC(F)(F)COCCCN1CCN(Cc2nc(-c3ccc(C(F)(F)F)cc3)no2)CC1. The van der Waals surface area contributed by atoms with Crippen LogP contribution in [0.2, 0.25) is 0 Å². The van der Waals surface area contributed by atoms with E-state index in [1.54, 1.807) is 0 Å². The summed E-state index contributed by atoms with van der Waals surface area (Å²) in [6.07, 6.45) is -8.18. The largest absolute Gasteiger partial charge is 0.416 e. The lowest BCUT2D eigenvalue weighted by Gasteiger charge is -2.33. The third kappa shape index (κ3) is 7.47. The first-order valence-electron chi connectivity index (χ1n) is 9.69. The molecule has 12 heteroatoms. The third-order valence-corrected chi connectivity index (χ3v) is 4.79. The maximum absolute atomic E-state index is 12.7. The number of benzene rings is 1. The van der Waals surface area contributed by atoms with Gasteiger partial charge in [0, 0.05) is 44.9 Å². The molecule has 2 aromatic rings. The molecule has 3 rings (SSSR count). The summed E-state index contributed by atoms with van der Waals surface area (Å²) in [5.41, 5.74) is -0.315. The number of nitrogens with zero attached hydrogens (tertiary/aromatic N) is 4. The van der Waals surface area contributed by atoms with Crippen LogP contribution in [-0.2, 0) is 17.5 Å². The number of hydrogen-bond donors (Lipinski definition) is 0. The van der Waals surface area contributed by atoms with E-state index in [0.29, 0.717) is 31.0 Å². The minimum absolute atomic E-state index is 0.0639. The van der Waals surface area contributed by atoms with Crippen molar-refractivity contribution in [1.82, 2.24) is 19.9 Å². The summed E-state index contributed by atoms with van der Waals surface area (Å²) in [6, 6.07) is 4.54. The Kier molecular flexibility index (Phi) is 7.55. The molecule has 1 fully saturated rings. The quantitative estimate of drug-likeness (QED) is 0.448. The average molecular weight is 452 g/mol. The summed E-state index contributed by atoms with van der Waals surface area (Å²) < 4.78 is 83.8. The van der Waals surface area contributed by atoms with Crippen molar-refractivity contribution in [3.8, 4) is 11.4 Å². The van der Waals surface area contributed by atoms with Crippen LogP contribution in [0.25, 0.3) is 11.4 Å². The van der Waals surface area contributed by atoms with Gasteiger partial charge < -0.3 is 14.2 Å². The summed E-state index contributed by atoms with van der Waals surface area (Å²) in [6.45, 7) is 2.86. The normalized spacial score (nSPS) is 16.7. The lowest BCUT2D eigenvalue weighted by atomic mass is 10.1. The summed E-state index contributed by atoms with van der Waals surface area (Å²) >= 11 is 0. The number of halogens is 6. The van der Waals surface area contributed by atoms with Gasteiger partial charge in [-0.25, -0.2) is 0 Å². The second kappa shape index (κ2) is 9.96. The van der Waals surface area contributed by atoms with Crippen LogP contribution in [0.5, 0.6) is 0 Å². The lowest BCUT2D eigenvalue weighted by Crippen LogP contribution is -2.46. The molecule has 0 radical (unpaired) electrons. The van der Waals surface area contributed by atoms with Gasteiger partial charge in [-0.3, -0.25) is 4.90 Å². The number of ether oxygens (including phenoxy) is 1. The Morgan fingerprint density at radius 2 is 1.58 bits per heavy atom. The van der Waals surface area contributed by atoms with Crippen molar-refractivity contribution in [2.45, 2.75) is 25.3 Å². The molecule has 1 aliphatic rings. The first-order valence-corrected chi connectivity index (χ1v) is 9.69. The first kappa shape index (κ1) is 23.5. The number of alkyl halides is 6. The monoisotopic (exact) mass is 452 g/mol. The molecule has 0 N–H and O–H groups in total. The molecule has 6 nitrogen and oxygen atoms in total. The first-order chi connectivity index (χ1) is 14.6. The topological polar surface area (TPSA) is 54.6 Å². The molecule has 1 aliphatic heterocycles. The van der Waals surface area contributed by atoms with Crippen LogP contribution in [0.15, 0.2) is 28.8 Å². The fourth-order valence-corrected chi connectivity index (χ4v) is 3.19. The molecular formula is C19H22F6N4O2. The van der Waals surface area contributed by atoms with Gasteiger partial charge in [0.05, 0.1) is 12.1 Å². The highest BCUT2D eigenvalue weighted by atomic mass is 19.4. The molecule has 1 saturated heterocycles.